The molecule has 0 radical (unpaired) electrons. The maximum atomic E-state index is 10.6. The van der Waals surface area contributed by atoms with E-state index in [1.807, 2.05) is 0 Å². The van der Waals surface area contributed by atoms with Gasteiger partial charge in [0.05, 0.1) is 0 Å². The summed E-state index contributed by atoms with van der Waals surface area (Å²) in [5.74, 6) is -0.868. The summed E-state index contributed by atoms with van der Waals surface area (Å²) in [6, 6.07) is 4.32. The van der Waals surface area contributed by atoms with Gasteiger partial charge in [0.1, 0.15) is 0 Å². The molecule has 0 amide bonds. The number of nitrogens with two attached hydrogens (primary N) is 1. The number of carbonyl (C=O) groups is 1. The summed E-state index contributed by atoms with van der Waals surface area (Å²) in [5, 5.41) is 18.3. The first-order chi connectivity index (χ1) is 6.99. The number of ether oxygens (including phenoxy) is 1. The van der Waals surface area contributed by atoms with Gasteiger partial charge in [-0.2, -0.15) is 0 Å². The first-order valence-electron chi connectivity index (χ1n) is 4.42. The number of aromatic hydroxyl groups is 2. The molecule has 15 heavy (non-hydrogen) atoms. The van der Waals surface area contributed by atoms with Crippen molar-refractivity contribution in [2.45, 2.75) is 19.6 Å². The molecule has 1 aromatic rings. The zero-order chi connectivity index (χ0) is 11.4. The molecule has 0 aliphatic carbocycles. The lowest BCUT2D eigenvalue weighted by Crippen LogP contribution is -2.28. The van der Waals surface area contributed by atoms with Crippen molar-refractivity contribution in [1.29, 1.82) is 0 Å². The van der Waals surface area contributed by atoms with Crippen LogP contribution >= 0.6 is 0 Å². The molecule has 0 unspecified atom stereocenters. The van der Waals surface area contributed by atoms with Crippen LogP contribution in [-0.4, -0.2) is 22.4 Å². The standard InChI is InChI=1S/C10H13NO4/c1-6(12)15-10(11)5-7-2-3-8(13)9(14)4-7/h2-4,10,13-14H,5,11H2,1H3/t10-/m1/s1. The van der Waals surface area contributed by atoms with Crippen LogP contribution in [0.1, 0.15) is 12.5 Å². The second-order valence-corrected chi connectivity index (χ2v) is 3.18. The average Bonchev–Trinajstić information content (AvgIpc) is 2.10. The number of esters is 1. The summed E-state index contributed by atoms with van der Waals surface area (Å²) < 4.78 is 4.72. The lowest BCUT2D eigenvalue weighted by atomic mass is 10.1. The quantitative estimate of drug-likeness (QED) is 0.384. The minimum absolute atomic E-state index is 0.195. The Labute approximate surface area is 87.1 Å². The number of phenols is 2. The third kappa shape index (κ3) is 3.47. The van der Waals surface area contributed by atoms with Gasteiger partial charge in [-0.3, -0.25) is 10.5 Å². The second-order valence-electron chi connectivity index (χ2n) is 3.18. The van der Waals surface area contributed by atoms with E-state index in [4.69, 9.17) is 15.6 Å². The molecule has 1 atom stereocenters. The Morgan fingerprint density at radius 3 is 2.67 bits per heavy atom. The summed E-state index contributed by atoms with van der Waals surface area (Å²) >= 11 is 0. The SMILES string of the molecule is CC(=O)O[C@@H](N)Cc1ccc(O)c(O)c1. The largest absolute Gasteiger partial charge is 0.504 e. The van der Waals surface area contributed by atoms with E-state index in [0.717, 1.165) is 0 Å². The van der Waals surface area contributed by atoms with Crippen molar-refractivity contribution >= 4 is 5.97 Å². The molecular formula is C10H13NO4. The van der Waals surface area contributed by atoms with Crippen LogP contribution in [0.5, 0.6) is 11.5 Å². The minimum atomic E-state index is -0.744. The number of carbonyl (C=O) groups excluding carboxylic acids is 1. The van der Waals surface area contributed by atoms with Crippen LogP contribution in [0.15, 0.2) is 18.2 Å². The van der Waals surface area contributed by atoms with Gasteiger partial charge in [-0.25, -0.2) is 0 Å². The molecule has 5 heteroatoms. The van der Waals surface area contributed by atoms with Gasteiger partial charge in [-0.15, -0.1) is 0 Å². The number of hydrogen-bond acceptors (Lipinski definition) is 5. The van der Waals surface area contributed by atoms with E-state index in [-0.39, 0.29) is 17.9 Å². The van der Waals surface area contributed by atoms with Gasteiger partial charge in [-0.1, -0.05) is 6.07 Å². The van der Waals surface area contributed by atoms with E-state index < -0.39 is 12.2 Å². The highest BCUT2D eigenvalue weighted by molar-refractivity contribution is 5.66. The molecular weight excluding hydrogens is 198 g/mol. The molecule has 0 aliphatic rings. The van der Waals surface area contributed by atoms with Crippen molar-refractivity contribution in [2.24, 2.45) is 5.73 Å². The highest BCUT2D eigenvalue weighted by Crippen LogP contribution is 2.25. The van der Waals surface area contributed by atoms with Gasteiger partial charge >= 0.3 is 5.97 Å². The fourth-order valence-corrected chi connectivity index (χ4v) is 1.18. The predicted molar refractivity (Wildman–Crippen MR) is 53.2 cm³/mol. The maximum absolute atomic E-state index is 10.6. The molecule has 0 heterocycles. The molecule has 0 aliphatic heterocycles. The van der Waals surface area contributed by atoms with Crippen LogP contribution < -0.4 is 5.73 Å². The van der Waals surface area contributed by atoms with Crippen LogP contribution in [0.3, 0.4) is 0 Å². The van der Waals surface area contributed by atoms with Crippen molar-refractivity contribution in [3.05, 3.63) is 23.8 Å². The van der Waals surface area contributed by atoms with Gasteiger partial charge in [-0.05, 0) is 17.7 Å². The molecule has 0 aromatic heterocycles. The zero-order valence-electron chi connectivity index (χ0n) is 8.30. The first kappa shape index (κ1) is 11.3. The number of hydrogen-bond donors (Lipinski definition) is 3. The summed E-state index contributed by atoms with van der Waals surface area (Å²) in [6.07, 6.45) is -0.459. The number of rotatable bonds is 3. The molecule has 0 bridgehead atoms. The van der Waals surface area contributed by atoms with Crippen molar-refractivity contribution in [3.8, 4) is 11.5 Å². The van der Waals surface area contributed by atoms with Crippen LogP contribution in [0.25, 0.3) is 0 Å². The molecule has 5 nitrogen and oxygen atoms in total. The van der Waals surface area contributed by atoms with E-state index in [2.05, 4.69) is 0 Å². The Kier molecular flexibility index (Phi) is 3.51. The smallest absolute Gasteiger partial charge is 0.304 e. The van der Waals surface area contributed by atoms with Gasteiger partial charge in [0.25, 0.3) is 0 Å². The third-order valence-electron chi connectivity index (χ3n) is 1.79. The highest BCUT2D eigenvalue weighted by Gasteiger charge is 2.08. The normalized spacial score (nSPS) is 12.1. The van der Waals surface area contributed by atoms with Crippen molar-refractivity contribution in [2.75, 3.05) is 0 Å². The zero-order valence-corrected chi connectivity index (χ0v) is 8.30. The van der Waals surface area contributed by atoms with Gasteiger partial charge in [0, 0.05) is 13.3 Å². The Morgan fingerprint density at radius 2 is 2.13 bits per heavy atom. The Balaban J connectivity index is 2.64. The topological polar surface area (TPSA) is 92.8 Å². The van der Waals surface area contributed by atoms with E-state index in [1.165, 1.54) is 19.1 Å². The summed E-state index contributed by atoms with van der Waals surface area (Å²) in [5.41, 5.74) is 6.19. The molecule has 0 saturated heterocycles. The van der Waals surface area contributed by atoms with Crippen LogP contribution in [0, 0.1) is 0 Å². The van der Waals surface area contributed by atoms with Crippen LogP contribution in [-0.2, 0) is 16.0 Å². The molecule has 0 fully saturated rings. The maximum Gasteiger partial charge on any atom is 0.304 e. The minimum Gasteiger partial charge on any atom is -0.504 e. The fraction of sp³-hybridized carbons (Fsp3) is 0.300. The number of phenolic OH excluding ortho intramolecular Hbond substituents is 2. The van der Waals surface area contributed by atoms with Crippen molar-refractivity contribution in [3.63, 3.8) is 0 Å². The van der Waals surface area contributed by atoms with Crippen molar-refractivity contribution < 1.29 is 19.7 Å². The van der Waals surface area contributed by atoms with E-state index in [0.29, 0.717) is 5.56 Å². The van der Waals surface area contributed by atoms with E-state index in [1.54, 1.807) is 6.07 Å². The summed E-state index contributed by atoms with van der Waals surface area (Å²) in [7, 11) is 0. The van der Waals surface area contributed by atoms with Gasteiger partial charge in [0.2, 0.25) is 0 Å². The predicted octanol–water partition coefficient (Wildman–Crippen LogP) is 0.488. The van der Waals surface area contributed by atoms with Crippen LogP contribution in [0.4, 0.5) is 0 Å². The van der Waals surface area contributed by atoms with Crippen molar-refractivity contribution in [1.82, 2.24) is 0 Å². The molecule has 1 aromatic carbocycles. The summed E-state index contributed by atoms with van der Waals surface area (Å²) in [6.45, 7) is 1.27. The van der Waals surface area contributed by atoms with E-state index in [9.17, 15) is 9.90 Å². The fourth-order valence-electron chi connectivity index (χ4n) is 1.18. The monoisotopic (exact) mass is 211 g/mol. The lowest BCUT2D eigenvalue weighted by Gasteiger charge is -2.11. The highest BCUT2D eigenvalue weighted by atomic mass is 16.5. The molecule has 82 valence electrons. The molecule has 0 spiro atoms. The Morgan fingerprint density at radius 1 is 1.47 bits per heavy atom. The van der Waals surface area contributed by atoms with Gasteiger partial charge in [0.15, 0.2) is 17.7 Å². The van der Waals surface area contributed by atoms with Crippen LogP contribution in [0.2, 0.25) is 0 Å². The van der Waals surface area contributed by atoms with E-state index >= 15 is 0 Å². The summed E-state index contributed by atoms with van der Waals surface area (Å²) in [4.78, 5) is 10.6. The van der Waals surface area contributed by atoms with Gasteiger partial charge < -0.3 is 14.9 Å². The third-order valence-corrected chi connectivity index (χ3v) is 1.79. The molecule has 1 rings (SSSR count). The lowest BCUT2D eigenvalue weighted by molar-refractivity contribution is -0.145. The first-order valence-corrected chi connectivity index (χ1v) is 4.42. The average molecular weight is 211 g/mol. The Bertz CT molecular complexity index is 364. The molecule has 0 saturated carbocycles. The second kappa shape index (κ2) is 4.65. The Hall–Kier alpha value is -1.75. The molecule has 4 N–H and O–H groups in total. The number of benzene rings is 1.